The van der Waals surface area contributed by atoms with E-state index in [1.165, 1.54) is 18.4 Å². The van der Waals surface area contributed by atoms with E-state index in [-0.39, 0.29) is 23.6 Å². The van der Waals surface area contributed by atoms with Crippen LogP contribution in [0.1, 0.15) is 37.8 Å². The number of hydrogen-bond acceptors (Lipinski definition) is 5. The highest BCUT2D eigenvalue weighted by molar-refractivity contribution is 7.91. The normalized spacial score (nSPS) is 23.5. The molecule has 2 N–H and O–H groups in total. The predicted octanol–water partition coefficient (Wildman–Crippen LogP) is 1.57. The van der Waals surface area contributed by atoms with Gasteiger partial charge in [-0.25, -0.2) is 8.42 Å². The lowest BCUT2D eigenvalue weighted by molar-refractivity contribution is 0.251. The van der Waals surface area contributed by atoms with E-state index in [4.69, 9.17) is 9.73 Å². The summed E-state index contributed by atoms with van der Waals surface area (Å²) >= 11 is 0. The summed E-state index contributed by atoms with van der Waals surface area (Å²) in [5.74, 6) is 1.98. The minimum absolute atomic E-state index is 0.0649. The molecule has 2 saturated heterocycles. The topological polar surface area (TPSA) is 83.0 Å². The number of guanidine groups is 1. The maximum absolute atomic E-state index is 11.7. The van der Waals surface area contributed by atoms with Crippen LogP contribution in [0.3, 0.4) is 0 Å². The molecule has 2 unspecified atom stereocenters. The SMILES string of the molecule is CCNC(=NCC(c1cccc(OC)c1)N1CCCC1)NC1CCS(=O)(=O)C1. The van der Waals surface area contributed by atoms with Crippen molar-refractivity contribution >= 4 is 15.8 Å². The van der Waals surface area contributed by atoms with Gasteiger partial charge in [-0.1, -0.05) is 12.1 Å². The molecular formula is C20H32N4O3S. The Labute approximate surface area is 168 Å². The van der Waals surface area contributed by atoms with Crippen molar-refractivity contribution in [2.75, 3.05) is 44.8 Å². The second-order valence-electron chi connectivity index (χ2n) is 7.50. The summed E-state index contributed by atoms with van der Waals surface area (Å²) in [6.45, 7) is 5.51. The van der Waals surface area contributed by atoms with E-state index < -0.39 is 9.84 Å². The lowest BCUT2D eigenvalue weighted by Gasteiger charge is -2.27. The maximum atomic E-state index is 11.7. The molecule has 2 atom stereocenters. The van der Waals surface area contributed by atoms with E-state index in [1.807, 2.05) is 19.1 Å². The highest BCUT2D eigenvalue weighted by atomic mass is 32.2. The first kappa shape index (κ1) is 20.9. The van der Waals surface area contributed by atoms with Crippen LogP contribution in [0.4, 0.5) is 0 Å². The molecule has 2 fully saturated rings. The van der Waals surface area contributed by atoms with E-state index in [1.54, 1.807) is 7.11 Å². The molecule has 8 heteroatoms. The zero-order valence-corrected chi connectivity index (χ0v) is 17.7. The van der Waals surface area contributed by atoms with E-state index in [2.05, 4.69) is 27.7 Å². The minimum Gasteiger partial charge on any atom is -0.497 e. The van der Waals surface area contributed by atoms with Gasteiger partial charge in [-0.3, -0.25) is 9.89 Å². The summed E-state index contributed by atoms with van der Waals surface area (Å²) in [4.78, 5) is 7.29. The monoisotopic (exact) mass is 408 g/mol. The number of likely N-dealkylation sites (tertiary alicyclic amines) is 1. The summed E-state index contributed by atoms with van der Waals surface area (Å²) < 4.78 is 28.9. The van der Waals surface area contributed by atoms with Gasteiger partial charge >= 0.3 is 0 Å². The zero-order valence-electron chi connectivity index (χ0n) is 16.9. The number of hydrogen-bond donors (Lipinski definition) is 2. The fraction of sp³-hybridized carbons (Fsp3) is 0.650. The summed E-state index contributed by atoms with van der Waals surface area (Å²) in [7, 11) is -1.23. The van der Waals surface area contributed by atoms with Gasteiger partial charge in [-0.15, -0.1) is 0 Å². The molecule has 0 radical (unpaired) electrons. The van der Waals surface area contributed by atoms with Crippen molar-refractivity contribution in [1.29, 1.82) is 0 Å². The molecule has 28 heavy (non-hydrogen) atoms. The van der Waals surface area contributed by atoms with Crippen LogP contribution in [0.2, 0.25) is 0 Å². The summed E-state index contributed by atoms with van der Waals surface area (Å²) in [6.07, 6.45) is 3.06. The van der Waals surface area contributed by atoms with Crippen molar-refractivity contribution in [2.45, 2.75) is 38.3 Å². The average molecular weight is 409 g/mol. The lowest BCUT2D eigenvalue weighted by Crippen LogP contribution is -2.44. The molecule has 1 aromatic rings. The number of sulfone groups is 1. The number of nitrogens with one attached hydrogen (secondary N) is 2. The maximum Gasteiger partial charge on any atom is 0.191 e. The first-order valence-electron chi connectivity index (χ1n) is 10.1. The van der Waals surface area contributed by atoms with Crippen molar-refractivity contribution in [3.05, 3.63) is 29.8 Å². The number of methoxy groups -OCH3 is 1. The van der Waals surface area contributed by atoms with Gasteiger partial charge in [-0.05, 0) is 57.0 Å². The molecule has 0 saturated carbocycles. The van der Waals surface area contributed by atoms with Gasteiger partial charge in [0.15, 0.2) is 15.8 Å². The molecule has 3 rings (SSSR count). The third-order valence-electron chi connectivity index (χ3n) is 5.40. The van der Waals surface area contributed by atoms with Crippen LogP contribution in [0, 0.1) is 0 Å². The van der Waals surface area contributed by atoms with Gasteiger partial charge in [0.05, 0.1) is 31.2 Å². The molecular weight excluding hydrogens is 376 g/mol. The van der Waals surface area contributed by atoms with Gasteiger partial charge in [0, 0.05) is 12.6 Å². The molecule has 0 aromatic heterocycles. The highest BCUT2D eigenvalue weighted by Gasteiger charge is 2.29. The van der Waals surface area contributed by atoms with Crippen LogP contribution in [0.15, 0.2) is 29.3 Å². The standard InChI is InChI=1S/C20H32N4O3S/c1-3-21-20(23-17-9-12-28(25,26)15-17)22-14-19(24-10-4-5-11-24)16-7-6-8-18(13-16)27-2/h6-8,13,17,19H,3-5,9-12,14-15H2,1-2H3,(H2,21,22,23). The molecule has 0 amide bonds. The second-order valence-corrected chi connectivity index (χ2v) is 9.73. The first-order chi connectivity index (χ1) is 13.5. The van der Waals surface area contributed by atoms with Crippen molar-refractivity contribution in [3.8, 4) is 5.75 Å². The van der Waals surface area contributed by atoms with E-state index in [0.29, 0.717) is 18.9 Å². The second kappa shape index (κ2) is 9.60. The summed E-state index contributed by atoms with van der Waals surface area (Å²) in [5, 5.41) is 6.57. The molecule has 2 heterocycles. The van der Waals surface area contributed by atoms with Crippen molar-refractivity contribution in [2.24, 2.45) is 4.99 Å². The third-order valence-corrected chi connectivity index (χ3v) is 7.17. The Morgan fingerprint density at radius 2 is 2.14 bits per heavy atom. The number of ether oxygens (including phenoxy) is 1. The van der Waals surface area contributed by atoms with Crippen molar-refractivity contribution in [1.82, 2.24) is 15.5 Å². The molecule has 2 aliphatic rings. The minimum atomic E-state index is -2.92. The number of benzene rings is 1. The van der Waals surface area contributed by atoms with Crippen LogP contribution in [-0.2, 0) is 9.84 Å². The Morgan fingerprint density at radius 3 is 2.79 bits per heavy atom. The molecule has 0 aliphatic carbocycles. The Balaban J connectivity index is 1.75. The van der Waals surface area contributed by atoms with Gasteiger partial charge < -0.3 is 15.4 Å². The van der Waals surface area contributed by atoms with Crippen molar-refractivity contribution in [3.63, 3.8) is 0 Å². The number of nitrogens with zero attached hydrogens (tertiary/aromatic N) is 2. The Hall–Kier alpha value is -1.80. The van der Waals surface area contributed by atoms with Crippen LogP contribution < -0.4 is 15.4 Å². The van der Waals surface area contributed by atoms with Gasteiger partial charge in [0.2, 0.25) is 0 Å². The molecule has 156 valence electrons. The Kier molecular flexibility index (Phi) is 7.18. The Morgan fingerprint density at radius 1 is 1.36 bits per heavy atom. The van der Waals surface area contributed by atoms with Gasteiger partial charge in [0.25, 0.3) is 0 Å². The van der Waals surface area contributed by atoms with Crippen LogP contribution >= 0.6 is 0 Å². The molecule has 0 spiro atoms. The fourth-order valence-corrected chi connectivity index (χ4v) is 5.61. The van der Waals surface area contributed by atoms with Crippen LogP contribution in [0.25, 0.3) is 0 Å². The first-order valence-corrected chi connectivity index (χ1v) is 12.0. The van der Waals surface area contributed by atoms with Crippen LogP contribution in [0.5, 0.6) is 5.75 Å². The molecule has 0 bridgehead atoms. The fourth-order valence-electron chi connectivity index (χ4n) is 3.93. The van der Waals surface area contributed by atoms with E-state index in [0.717, 1.165) is 25.4 Å². The largest absolute Gasteiger partial charge is 0.497 e. The average Bonchev–Trinajstić information content (AvgIpc) is 3.32. The quantitative estimate of drug-likeness (QED) is 0.526. The third kappa shape index (κ3) is 5.61. The van der Waals surface area contributed by atoms with E-state index >= 15 is 0 Å². The van der Waals surface area contributed by atoms with Gasteiger partial charge in [0.1, 0.15) is 5.75 Å². The Bertz CT molecular complexity index is 775. The number of rotatable bonds is 7. The zero-order chi connectivity index (χ0) is 20.0. The number of aliphatic imine (C=N–C) groups is 1. The molecule has 1 aromatic carbocycles. The van der Waals surface area contributed by atoms with E-state index in [9.17, 15) is 8.42 Å². The summed E-state index contributed by atoms with van der Waals surface area (Å²) in [5.41, 5.74) is 1.20. The van der Waals surface area contributed by atoms with Crippen molar-refractivity contribution < 1.29 is 13.2 Å². The molecule has 2 aliphatic heterocycles. The summed E-state index contributed by atoms with van der Waals surface area (Å²) in [6, 6.07) is 8.31. The molecule has 7 nitrogen and oxygen atoms in total. The van der Waals surface area contributed by atoms with Gasteiger partial charge in [-0.2, -0.15) is 0 Å². The van der Waals surface area contributed by atoms with Crippen LogP contribution in [-0.4, -0.2) is 70.1 Å². The smallest absolute Gasteiger partial charge is 0.191 e. The lowest BCUT2D eigenvalue weighted by atomic mass is 10.1. The highest BCUT2D eigenvalue weighted by Crippen LogP contribution is 2.28. The predicted molar refractivity (Wildman–Crippen MR) is 113 cm³/mol.